The van der Waals surface area contributed by atoms with Crippen molar-refractivity contribution in [2.45, 2.75) is 18.9 Å². The summed E-state index contributed by atoms with van der Waals surface area (Å²) >= 11 is 0. The van der Waals surface area contributed by atoms with Crippen LogP contribution in [0.5, 0.6) is 0 Å². The van der Waals surface area contributed by atoms with E-state index in [0.29, 0.717) is 44.2 Å². The Morgan fingerprint density at radius 1 is 1.22 bits per heavy atom. The Bertz CT molecular complexity index is 569. The number of hydrogen-bond donors (Lipinski definition) is 1. The molecule has 0 spiro atoms. The van der Waals surface area contributed by atoms with Crippen molar-refractivity contribution in [3.63, 3.8) is 0 Å². The number of ether oxygens (including phenoxy) is 2. The van der Waals surface area contributed by atoms with E-state index in [1.165, 1.54) is 6.20 Å². The number of rotatable bonds is 3. The summed E-state index contributed by atoms with van der Waals surface area (Å²) in [7, 11) is 0. The predicted molar refractivity (Wildman–Crippen MR) is 81.6 cm³/mol. The van der Waals surface area contributed by atoms with Gasteiger partial charge in [-0.1, -0.05) is 0 Å². The minimum Gasteiger partial charge on any atom is -0.381 e. The number of pyridine rings is 1. The Hall–Kier alpha value is -1.99. The topological polar surface area (TPSA) is 94.8 Å². The first-order valence-corrected chi connectivity index (χ1v) is 7.89. The number of carbonyl (C=O) groups excluding carboxylic acids is 2. The zero-order valence-electron chi connectivity index (χ0n) is 12.9. The van der Waals surface area contributed by atoms with Crippen molar-refractivity contribution < 1.29 is 19.1 Å². The number of nitrogens with zero attached hydrogens (tertiary/aromatic N) is 2. The van der Waals surface area contributed by atoms with Gasteiger partial charge in [0.25, 0.3) is 0 Å². The van der Waals surface area contributed by atoms with E-state index in [-0.39, 0.29) is 17.9 Å². The average Bonchev–Trinajstić information content (AvgIpc) is 2.62. The third kappa shape index (κ3) is 3.68. The molecule has 1 aromatic heterocycles. The molecular weight excluding hydrogens is 298 g/mol. The molecule has 2 saturated heterocycles. The first-order chi connectivity index (χ1) is 11.1. The van der Waals surface area contributed by atoms with Gasteiger partial charge in [-0.05, 0) is 25.0 Å². The fourth-order valence-electron chi connectivity index (χ4n) is 2.97. The van der Waals surface area contributed by atoms with E-state index < -0.39 is 5.91 Å². The molecule has 2 aliphatic heterocycles. The molecule has 3 heterocycles. The molecule has 2 N–H and O–H groups in total. The van der Waals surface area contributed by atoms with E-state index in [4.69, 9.17) is 15.2 Å². The molecule has 0 radical (unpaired) electrons. The average molecular weight is 319 g/mol. The van der Waals surface area contributed by atoms with Crippen molar-refractivity contribution in [3.8, 4) is 0 Å². The SMILES string of the molecule is NC(=O)c1ccc([C@@H]2CN(C(=O)C3CCOCC3)CCO2)nc1. The molecule has 0 unspecified atom stereocenters. The van der Waals surface area contributed by atoms with Crippen LogP contribution in [0.2, 0.25) is 0 Å². The molecule has 2 fully saturated rings. The lowest BCUT2D eigenvalue weighted by Crippen LogP contribution is -2.46. The zero-order valence-corrected chi connectivity index (χ0v) is 12.9. The summed E-state index contributed by atoms with van der Waals surface area (Å²) in [5.41, 5.74) is 6.28. The van der Waals surface area contributed by atoms with Crippen LogP contribution < -0.4 is 5.73 Å². The van der Waals surface area contributed by atoms with Gasteiger partial charge in [-0.3, -0.25) is 14.6 Å². The van der Waals surface area contributed by atoms with E-state index in [2.05, 4.69) is 4.98 Å². The van der Waals surface area contributed by atoms with Crippen LogP contribution in [-0.2, 0) is 14.3 Å². The summed E-state index contributed by atoms with van der Waals surface area (Å²) in [5, 5.41) is 0. The highest BCUT2D eigenvalue weighted by Crippen LogP contribution is 2.24. The molecule has 0 aliphatic carbocycles. The van der Waals surface area contributed by atoms with Crippen molar-refractivity contribution in [1.82, 2.24) is 9.88 Å². The second-order valence-corrected chi connectivity index (χ2v) is 5.87. The molecule has 0 bridgehead atoms. The molecule has 3 rings (SSSR count). The largest absolute Gasteiger partial charge is 0.381 e. The smallest absolute Gasteiger partial charge is 0.250 e. The van der Waals surface area contributed by atoms with Gasteiger partial charge in [0, 0.05) is 31.9 Å². The standard InChI is InChI=1S/C16H21N3O4/c17-15(20)12-1-2-13(18-9-12)14-10-19(5-8-23-14)16(21)11-3-6-22-7-4-11/h1-2,9,11,14H,3-8,10H2,(H2,17,20)/t14-/m0/s1. The molecule has 2 amide bonds. The maximum atomic E-state index is 12.6. The van der Waals surface area contributed by atoms with Crippen LogP contribution in [0.1, 0.15) is 35.0 Å². The summed E-state index contributed by atoms with van der Waals surface area (Å²) < 4.78 is 11.0. The van der Waals surface area contributed by atoms with Crippen LogP contribution in [-0.4, -0.2) is 54.6 Å². The van der Waals surface area contributed by atoms with Gasteiger partial charge >= 0.3 is 0 Å². The summed E-state index contributed by atoms with van der Waals surface area (Å²) in [6.07, 6.45) is 2.74. The maximum absolute atomic E-state index is 12.6. The minimum atomic E-state index is -0.509. The van der Waals surface area contributed by atoms with Gasteiger partial charge in [0.1, 0.15) is 6.10 Å². The third-order valence-corrected chi connectivity index (χ3v) is 4.35. The van der Waals surface area contributed by atoms with E-state index in [1.54, 1.807) is 12.1 Å². The first kappa shape index (κ1) is 15.9. The van der Waals surface area contributed by atoms with Crippen molar-refractivity contribution in [2.24, 2.45) is 11.7 Å². The highest BCUT2D eigenvalue weighted by molar-refractivity contribution is 5.92. The van der Waals surface area contributed by atoms with Crippen LogP contribution in [0.3, 0.4) is 0 Å². The number of primary amides is 1. The Morgan fingerprint density at radius 3 is 2.65 bits per heavy atom. The molecule has 1 atom stereocenters. The Labute approximate surface area is 134 Å². The van der Waals surface area contributed by atoms with Gasteiger partial charge in [0.15, 0.2) is 0 Å². The molecule has 124 valence electrons. The second-order valence-electron chi connectivity index (χ2n) is 5.87. The van der Waals surface area contributed by atoms with Gasteiger partial charge in [-0.15, -0.1) is 0 Å². The monoisotopic (exact) mass is 319 g/mol. The maximum Gasteiger partial charge on any atom is 0.250 e. The lowest BCUT2D eigenvalue weighted by Gasteiger charge is -2.35. The molecule has 23 heavy (non-hydrogen) atoms. The van der Waals surface area contributed by atoms with Crippen LogP contribution in [0.15, 0.2) is 18.3 Å². The van der Waals surface area contributed by atoms with Gasteiger partial charge in [-0.25, -0.2) is 0 Å². The normalized spacial score (nSPS) is 22.8. The lowest BCUT2D eigenvalue weighted by molar-refractivity contribution is -0.146. The molecule has 7 heteroatoms. The van der Waals surface area contributed by atoms with Gasteiger partial charge in [0.2, 0.25) is 11.8 Å². The summed E-state index contributed by atoms with van der Waals surface area (Å²) in [5.74, 6) is -0.284. The highest BCUT2D eigenvalue weighted by Gasteiger charge is 2.31. The van der Waals surface area contributed by atoms with E-state index >= 15 is 0 Å². The third-order valence-electron chi connectivity index (χ3n) is 4.35. The van der Waals surface area contributed by atoms with Crippen molar-refractivity contribution in [1.29, 1.82) is 0 Å². The molecule has 7 nitrogen and oxygen atoms in total. The number of amides is 2. The predicted octanol–water partition coefficient (Wildman–Crippen LogP) is 0.507. The van der Waals surface area contributed by atoms with E-state index in [1.807, 2.05) is 4.90 Å². The van der Waals surface area contributed by atoms with Gasteiger partial charge in [0.05, 0.1) is 24.4 Å². The second kappa shape index (κ2) is 7.06. The van der Waals surface area contributed by atoms with Crippen LogP contribution in [0.25, 0.3) is 0 Å². The van der Waals surface area contributed by atoms with E-state index in [9.17, 15) is 9.59 Å². The molecule has 2 aliphatic rings. The zero-order chi connectivity index (χ0) is 16.2. The number of carbonyl (C=O) groups is 2. The molecular formula is C16H21N3O4. The van der Waals surface area contributed by atoms with Crippen LogP contribution in [0, 0.1) is 5.92 Å². The quantitative estimate of drug-likeness (QED) is 0.876. The number of aromatic nitrogens is 1. The fraction of sp³-hybridized carbons (Fsp3) is 0.562. The Kier molecular flexibility index (Phi) is 4.88. The molecule has 0 aromatic carbocycles. The van der Waals surface area contributed by atoms with Crippen molar-refractivity contribution in [3.05, 3.63) is 29.6 Å². The van der Waals surface area contributed by atoms with Crippen LogP contribution >= 0.6 is 0 Å². The number of hydrogen-bond acceptors (Lipinski definition) is 5. The Balaban J connectivity index is 1.65. The number of nitrogens with two attached hydrogens (primary N) is 1. The molecule has 1 aromatic rings. The number of morpholine rings is 1. The minimum absolute atomic E-state index is 0.0488. The summed E-state index contributed by atoms with van der Waals surface area (Å²) in [6.45, 7) is 2.88. The molecule has 0 saturated carbocycles. The highest BCUT2D eigenvalue weighted by atomic mass is 16.5. The van der Waals surface area contributed by atoms with Crippen molar-refractivity contribution >= 4 is 11.8 Å². The first-order valence-electron chi connectivity index (χ1n) is 7.89. The fourth-order valence-corrected chi connectivity index (χ4v) is 2.97. The summed E-state index contributed by atoms with van der Waals surface area (Å²) in [4.78, 5) is 29.8. The van der Waals surface area contributed by atoms with Gasteiger partial charge < -0.3 is 20.1 Å². The van der Waals surface area contributed by atoms with Crippen LogP contribution in [0.4, 0.5) is 0 Å². The van der Waals surface area contributed by atoms with Crippen molar-refractivity contribution in [2.75, 3.05) is 32.9 Å². The Morgan fingerprint density at radius 2 is 2.00 bits per heavy atom. The van der Waals surface area contributed by atoms with E-state index in [0.717, 1.165) is 12.8 Å². The summed E-state index contributed by atoms with van der Waals surface area (Å²) in [6, 6.07) is 3.36. The lowest BCUT2D eigenvalue weighted by atomic mass is 9.98. The van der Waals surface area contributed by atoms with Gasteiger partial charge in [-0.2, -0.15) is 0 Å².